The van der Waals surface area contributed by atoms with Crippen LogP contribution in [0.3, 0.4) is 0 Å². The van der Waals surface area contributed by atoms with E-state index in [2.05, 4.69) is 15.4 Å². The van der Waals surface area contributed by atoms with Crippen molar-refractivity contribution in [3.05, 3.63) is 81.3 Å². The number of alkyl carbamates (subject to hydrolysis) is 1. The molecular weight excluding hydrogens is 528 g/mol. The average molecular weight is 559 g/mol. The number of aryl methyl sites for hydroxylation is 2. The van der Waals surface area contributed by atoms with Crippen LogP contribution in [0.5, 0.6) is 0 Å². The lowest BCUT2D eigenvalue weighted by molar-refractivity contribution is -0.123. The molecule has 12 heteroatoms. The second-order valence-electron chi connectivity index (χ2n) is 9.05. The van der Waals surface area contributed by atoms with Crippen LogP contribution in [0.25, 0.3) is 0 Å². The van der Waals surface area contributed by atoms with Crippen LogP contribution in [-0.4, -0.2) is 43.1 Å². The minimum absolute atomic E-state index is 0.197. The van der Waals surface area contributed by atoms with Gasteiger partial charge in [-0.3, -0.25) is 14.1 Å². The molecule has 202 valence electrons. The van der Waals surface area contributed by atoms with Gasteiger partial charge in [-0.1, -0.05) is 42.5 Å². The smallest absolute Gasteiger partial charge is 0.407 e. The lowest BCUT2D eigenvalue weighted by Gasteiger charge is -2.22. The number of methoxy groups -OCH3 is 1. The maximum Gasteiger partial charge on any atom is 0.407 e. The highest BCUT2D eigenvalue weighted by molar-refractivity contribution is 7.87. The predicted molar refractivity (Wildman–Crippen MR) is 144 cm³/mol. The van der Waals surface area contributed by atoms with Gasteiger partial charge in [-0.05, 0) is 55.4 Å². The predicted octanol–water partition coefficient (Wildman–Crippen LogP) is 3.60. The maximum absolute atomic E-state index is 13.5. The lowest BCUT2D eigenvalue weighted by Crippen LogP contribution is -2.49. The van der Waals surface area contributed by atoms with Crippen molar-refractivity contribution in [2.75, 3.05) is 11.8 Å². The number of thiazole rings is 1. The van der Waals surface area contributed by atoms with Gasteiger partial charge in [-0.25, -0.2) is 9.78 Å². The van der Waals surface area contributed by atoms with Crippen LogP contribution in [0.2, 0.25) is 0 Å². The standard InChI is InChI=1S/C26H30N4O6S2/c1-36-26(32)29-21(15-17-8-3-2-4-9-17)24(31)27-22(25-28-20-12-5-6-13-23(20)37-25)16-18-10-7-11-19(14-18)30-38(33,34)35/h2-4,7-11,14,21-22,30H,5-6,12-13,15-16H2,1H3,(H,27,31)(H,29,32)(H,33,34,35). The van der Waals surface area contributed by atoms with Gasteiger partial charge < -0.3 is 15.4 Å². The number of ether oxygens (including phenoxy) is 1. The highest BCUT2D eigenvalue weighted by Crippen LogP contribution is 2.31. The zero-order valence-corrected chi connectivity index (χ0v) is 22.5. The number of aromatic nitrogens is 1. The summed E-state index contributed by atoms with van der Waals surface area (Å²) in [4.78, 5) is 31.6. The third-order valence-corrected chi connectivity index (χ3v) is 7.93. The topological polar surface area (TPSA) is 147 Å². The molecule has 0 bridgehead atoms. The molecule has 0 fully saturated rings. The zero-order valence-electron chi connectivity index (χ0n) is 20.8. The fraction of sp³-hybridized carbons (Fsp3) is 0.346. The van der Waals surface area contributed by atoms with Crippen molar-refractivity contribution in [2.24, 2.45) is 0 Å². The molecule has 0 saturated heterocycles. The van der Waals surface area contributed by atoms with E-state index in [0.29, 0.717) is 6.42 Å². The minimum Gasteiger partial charge on any atom is -0.453 e. The summed E-state index contributed by atoms with van der Waals surface area (Å²) in [5.74, 6) is -0.398. The highest BCUT2D eigenvalue weighted by atomic mass is 32.2. The molecule has 1 aliphatic rings. The van der Waals surface area contributed by atoms with E-state index in [1.807, 2.05) is 30.3 Å². The normalized spacial score (nSPS) is 14.6. The van der Waals surface area contributed by atoms with Crippen molar-refractivity contribution in [1.29, 1.82) is 0 Å². The number of nitrogens with one attached hydrogen (secondary N) is 3. The van der Waals surface area contributed by atoms with Crippen LogP contribution < -0.4 is 15.4 Å². The molecule has 3 aromatic rings. The Morgan fingerprint density at radius 3 is 2.47 bits per heavy atom. The Balaban J connectivity index is 1.61. The van der Waals surface area contributed by atoms with Gasteiger partial charge in [-0.15, -0.1) is 11.3 Å². The van der Waals surface area contributed by atoms with Gasteiger partial charge in [-0.2, -0.15) is 8.42 Å². The number of hydrogen-bond donors (Lipinski definition) is 4. The maximum atomic E-state index is 13.5. The van der Waals surface area contributed by atoms with E-state index in [1.165, 1.54) is 18.1 Å². The molecule has 1 heterocycles. The minimum atomic E-state index is -4.43. The van der Waals surface area contributed by atoms with Crippen LogP contribution in [0.1, 0.15) is 45.6 Å². The summed E-state index contributed by atoms with van der Waals surface area (Å²) in [6, 6.07) is 14.5. The van der Waals surface area contributed by atoms with Crippen molar-refractivity contribution < 1.29 is 27.3 Å². The number of hydrogen-bond acceptors (Lipinski definition) is 7. The van der Waals surface area contributed by atoms with Gasteiger partial charge in [0, 0.05) is 11.3 Å². The van der Waals surface area contributed by atoms with Crippen LogP contribution in [0.15, 0.2) is 54.6 Å². The Bertz CT molecular complexity index is 1350. The molecule has 2 amide bonds. The lowest BCUT2D eigenvalue weighted by atomic mass is 10.0. The van der Waals surface area contributed by atoms with Gasteiger partial charge in [0.25, 0.3) is 0 Å². The zero-order chi connectivity index (χ0) is 27.1. The molecule has 2 aromatic carbocycles. The van der Waals surface area contributed by atoms with Crippen molar-refractivity contribution in [3.63, 3.8) is 0 Å². The van der Waals surface area contributed by atoms with Crippen molar-refractivity contribution in [2.45, 2.75) is 50.6 Å². The Morgan fingerprint density at radius 2 is 1.76 bits per heavy atom. The van der Waals surface area contributed by atoms with Gasteiger partial charge in [0.05, 0.1) is 24.5 Å². The quantitative estimate of drug-likeness (QED) is 0.278. The molecule has 0 aliphatic heterocycles. The molecule has 38 heavy (non-hydrogen) atoms. The number of anilines is 1. The van der Waals surface area contributed by atoms with Crippen molar-refractivity contribution in [3.8, 4) is 0 Å². The number of fused-ring (bicyclic) bond motifs is 1. The first-order valence-corrected chi connectivity index (χ1v) is 14.5. The number of nitrogens with zero attached hydrogens (tertiary/aromatic N) is 1. The summed E-state index contributed by atoms with van der Waals surface area (Å²) >= 11 is 1.56. The molecule has 10 nitrogen and oxygen atoms in total. The monoisotopic (exact) mass is 558 g/mol. The number of benzene rings is 2. The van der Waals surface area contributed by atoms with E-state index in [4.69, 9.17) is 14.3 Å². The molecular formula is C26H30N4O6S2. The van der Waals surface area contributed by atoms with E-state index < -0.39 is 34.4 Å². The third kappa shape index (κ3) is 7.76. The summed E-state index contributed by atoms with van der Waals surface area (Å²) in [7, 11) is -3.19. The summed E-state index contributed by atoms with van der Waals surface area (Å²) in [6.07, 6.45) is 3.86. The molecule has 1 aromatic heterocycles. The number of amides is 2. The third-order valence-electron chi connectivity index (χ3n) is 6.17. The van der Waals surface area contributed by atoms with Gasteiger partial charge in [0.2, 0.25) is 5.91 Å². The molecule has 0 spiro atoms. The first-order valence-electron chi connectivity index (χ1n) is 12.2. The number of carbonyl (C=O) groups is 2. The number of rotatable bonds is 10. The van der Waals surface area contributed by atoms with Crippen LogP contribution >= 0.6 is 11.3 Å². The molecule has 4 rings (SSSR count). The summed E-state index contributed by atoms with van der Waals surface area (Å²) in [6.45, 7) is 0. The summed E-state index contributed by atoms with van der Waals surface area (Å²) in [5, 5.41) is 6.43. The Morgan fingerprint density at radius 1 is 1.03 bits per heavy atom. The highest BCUT2D eigenvalue weighted by Gasteiger charge is 2.28. The molecule has 0 radical (unpaired) electrons. The van der Waals surface area contributed by atoms with E-state index in [-0.39, 0.29) is 12.1 Å². The second-order valence-corrected chi connectivity index (χ2v) is 11.3. The molecule has 2 atom stereocenters. The van der Waals surface area contributed by atoms with Crippen LogP contribution in [0, 0.1) is 0 Å². The molecule has 1 aliphatic carbocycles. The fourth-order valence-corrected chi connectivity index (χ4v) is 6.03. The molecule has 4 N–H and O–H groups in total. The van der Waals surface area contributed by atoms with Crippen LogP contribution in [-0.2, 0) is 45.5 Å². The van der Waals surface area contributed by atoms with Crippen molar-refractivity contribution in [1.82, 2.24) is 15.6 Å². The Labute approximate surface area is 225 Å². The Kier molecular flexibility index (Phi) is 8.97. The second kappa shape index (κ2) is 12.4. The summed E-state index contributed by atoms with van der Waals surface area (Å²) in [5.41, 5.74) is 2.83. The van der Waals surface area contributed by atoms with E-state index >= 15 is 0 Å². The van der Waals surface area contributed by atoms with E-state index in [1.54, 1.807) is 29.5 Å². The first kappa shape index (κ1) is 27.6. The van der Waals surface area contributed by atoms with Crippen LogP contribution in [0.4, 0.5) is 10.5 Å². The van der Waals surface area contributed by atoms with Gasteiger partial charge in [0.1, 0.15) is 11.0 Å². The van der Waals surface area contributed by atoms with E-state index in [9.17, 15) is 18.0 Å². The van der Waals surface area contributed by atoms with Gasteiger partial charge >= 0.3 is 16.4 Å². The first-order chi connectivity index (χ1) is 18.2. The molecule has 2 unspecified atom stereocenters. The largest absolute Gasteiger partial charge is 0.453 e. The van der Waals surface area contributed by atoms with Crippen molar-refractivity contribution >= 4 is 39.3 Å². The number of carbonyl (C=O) groups excluding carboxylic acids is 2. The SMILES string of the molecule is COC(=O)NC(Cc1ccccc1)C(=O)NC(Cc1cccc(NS(=O)(=O)O)c1)c1nc2c(s1)CCCC2. The Hall–Kier alpha value is -3.48. The van der Waals surface area contributed by atoms with E-state index in [0.717, 1.165) is 47.5 Å². The fourth-order valence-electron chi connectivity index (χ4n) is 4.40. The van der Waals surface area contributed by atoms with Gasteiger partial charge in [0.15, 0.2) is 0 Å². The molecule has 0 saturated carbocycles. The average Bonchev–Trinajstić information content (AvgIpc) is 3.32. The summed E-state index contributed by atoms with van der Waals surface area (Å²) < 4.78 is 38.5.